The maximum absolute atomic E-state index is 12.5. The molecule has 0 aliphatic heterocycles. The zero-order chi connectivity index (χ0) is 8.72. The lowest BCUT2D eigenvalue weighted by Gasteiger charge is -1.94. The lowest BCUT2D eigenvalue weighted by atomic mass is 9.83. The second-order valence-electron chi connectivity index (χ2n) is 2.95. The summed E-state index contributed by atoms with van der Waals surface area (Å²) in [6, 6.07) is -0.197. The molecule has 0 unspecified atom stereocenters. The molecule has 1 saturated carbocycles. The van der Waals surface area contributed by atoms with E-state index < -0.39 is 13.3 Å². The molecule has 0 radical (unpaired) electrons. The maximum atomic E-state index is 12.5. The van der Waals surface area contributed by atoms with Crippen LogP contribution in [0.2, 0.25) is 0 Å². The van der Waals surface area contributed by atoms with E-state index in [1.165, 1.54) is 17.1 Å². The predicted molar refractivity (Wildman–Crippen MR) is 40.6 cm³/mol. The zero-order valence-electron chi connectivity index (χ0n) is 6.26. The molecule has 4 nitrogen and oxygen atoms in total. The summed E-state index contributed by atoms with van der Waals surface area (Å²) in [5.41, 5.74) is 0.300. The van der Waals surface area contributed by atoms with Gasteiger partial charge in [0.05, 0.1) is 6.04 Å². The van der Waals surface area contributed by atoms with Crippen molar-refractivity contribution in [1.82, 2.24) is 9.78 Å². The molecule has 1 heterocycles. The van der Waals surface area contributed by atoms with Gasteiger partial charge in [0.25, 0.3) is 0 Å². The minimum absolute atomic E-state index is 0.197. The highest BCUT2D eigenvalue weighted by Crippen LogP contribution is 2.37. The summed E-state index contributed by atoms with van der Waals surface area (Å²) in [5, 5.41) is 21.2. The summed E-state index contributed by atoms with van der Waals surface area (Å²) in [5.74, 6) is 0. The minimum atomic E-state index is -1.52. The lowest BCUT2D eigenvalue weighted by Crippen LogP contribution is -2.28. The van der Waals surface area contributed by atoms with Gasteiger partial charge in [-0.25, -0.2) is 4.39 Å². The monoisotopic (exact) mass is 170 g/mol. The molecule has 1 aromatic rings. The van der Waals surface area contributed by atoms with Crippen molar-refractivity contribution in [1.29, 1.82) is 0 Å². The van der Waals surface area contributed by atoms with E-state index in [-0.39, 0.29) is 6.04 Å². The van der Waals surface area contributed by atoms with Crippen molar-refractivity contribution in [3.8, 4) is 0 Å². The third-order valence-corrected chi connectivity index (χ3v) is 1.94. The van der Waals surface area contributed by atoms with Crippen molar-refractivity contribution >= 4 is 12.6 Å². The molecule has 6 heteroatoms. The highest BCUT2D eigenvalue weighted by atomic mass is 19.1. The maximum Gasteiger partial charge on any atom is 0.491 e. The second kappa shape index (κ2) is 2.57. The molecule has 64 valence electrons. The summed E-state index contributed by atoms with van der Waals surface area (Å²) in [4.78, 5) is 0. The molecular weight excluding hydrogens is 162 g/mol. The van der Waals surface area contributed by atoms with Crippen molar-refractivity contribution in [2.75, 3.05) is 0 Å². The third-order valence-electron chi connectivity index (χ3n) is 1.94. The number of halogens is 1. The van der Waals surface area contributed by atoms with Crippen LogP contribution in [-0.4, -0.2) is 33.1 Å². The summed E-state index contributed by atoms with van der Waals surface area (Å²) in [7, 11) is -1.52. The minimum Gasteiger partial charge on any atom is -0.423 e. The largest absolute Gasteiger partial charge is 0.491 e. The van der Waals surface area contributed by atoms with Gasteiger partial charge in [-0.3, -0.25) is 4.68 Å². The van der Waals surface area contributed by atoms with Gasteiger partial charge in [0.15, 0.2) is 0 Å². The van der Waals surface area contributed by atoms with Crippen LogP contribution in [0.15, 0.2) is 12.4 Å². The molecule has 0 amide bonds. The van der Waals surface area contributed by atoms with Crippen LogP contribution in [-0.2, 0) is 0 Å². The van der Waals surface area contributed by atoms with E-state index in [4.69, 9.17) is 10.0 Å². The molecular formula is C6H8BFN2O2. The van der Waals surface area contributed by atoms with Crippen LogP contribution in [0.4, 0.5) is 4.39 Å². The average molecular weight is 170 g/mol. The van der Waals surface area contributed by atoms with Crippen LogP contribution < -0.4 is 5.46 Å². The second-order valence-corrected chi connectivity index (χ2v) is 2.95. The van der Waals surface area contributed by atoms with E-state index in [2.05, 4.69) is 5.10 Å². The van der Waals surface area contributed by atoms with Crippen LogP contribution in [0.3, 0.4) is 0 Å². The molecule has 0 bridgehead atoms. The van der Waals surface area contributed by atoms with Gasteiger partial charge in [-0.2, -0.15) is 5.10 Å². The third kappa shape index (κ3) is 1.23. The van der Waals surface area contributed by atoms with Crippen molar-refractivity contribution in [2.45, 2.75) is 18.6 Å². The van der Waals surface area contributed by atoms with Crippen molar-refractivity contribution < 1.29 is 14.4 Å². The van der Waals surface area contributed by atoms with E-state index in [1.807, 2.05) is 0 Å². The molecule has 1 fully saturated rings. The van der Waals surface area contributed by atoms with Crippen LogP contribution in [0.25, 0.3) is 0 Å². The molecule has 0 aromatic carbocycles. The number of alkyl halides is 1. The molecule has 2 rings (SSSR count). The van der Waals surface area contributed by atoms with E-state index in [9.17, 15) is 4.39 Å². The highest BCUT2D eigenvalue weighted by Gasteiger charge is 2.40. The molecule has 1 aliphatic rings. The van der Waals surface area contributed by atoms with Gasteiger partial charge < -0.3 is 10.0 Å². The van der Waals surface area contributed by atoms with Gasteiger partial charge in [0.2, 0.25) is 0 Å². The Bertz CT molecular complexity index is 291. The molecule has 1 aliphatic carbocycles. The first kappa shape index (κ1) is 7.76. The lowest BCUT2D eigenvalue weighted by molar-refractivity contribution is 0.424. The van der Waals surface area contributed by atoms with Gasteiger partial charge >= 0.3 is 7.12 Å². The van der Waals surface area contributed by atoms with E-state index in [1.54, 1.807) is 0 Å². The molecule has 12 heavy (non-hydrogen) atoms. The predicted octanol–water partition coefficient (Wildman–Crippen LogP) is -1.15. The zero-order valence-corrected chi connectivity index (χ0v) is 6.26. The standard InChI is InChI=1S/C6H8BFN2O2/c8-5-1-6(5)10-3-4(2-9-10)7(11)12/h2-3,5-6,11-12H,1H2/t5-,6+/m0/s1. The summed E-state index contributed by atoms with van der Waals surface area (Å²) in [6.07, 6.45) is 2.43. The Morgan fingerprint density at radius 1 is 1.67 bits per heavy atom. The van der Waals surface area contributed by atoms with Crippen LogP contribution in [0.5, 0.6) is 0 Å². The quantitative estimate of drug-likeness (QED) is 0.550. The Balaban J connectivity index is 2.14. The molecule has 2 atom stereocenters. The first-order valence-electron chi connectivity index (χ1n) is 3.73. The SMILES string of the molecule is OB(O)c1cnn([C@@H]2C[C@@H]2F)c1. The summed E-state index contributed by atoms with van der Waals surface area (Å²) in [6.45, 7) is 0. The van der Waals surface area contributed by atoms with Crippen molar-refractivity contribution in [3.05, 3.63) is 12.4 Å². The van der Waals surface area contributed by atoms with E-state index in [0.717, 1.165) is 0 Å². The fraction of sp³-hybridized carbons (Fsp3) is 0.500. The van der Waals surface area contributed by atoms with Gasteiger partial charge in [-0.05, 0) is 0 Å². The molecule has 1 aromatic heterocycles. The molecule has 0 saturated heterocycles. The van der Waals surface area contributed by atoms with Gasteiger partial charge in [-0.1, -0.05) is 0 Å². The Hall–Kier alpha value is -0.875. The first-order valence-corrected chi connectivity index (χ1v) is 3.73. The van der Waals surface area contributed by atoms with Crippen LogP contribution in [0, 0.1) is 0 Å². The van der Waals surface area contributed by atoms with E-state index in [0.29, 0.717) is 11.9 Å². The number of nitrogens with zero attached hydrogens (tertiary/aromatic N) is 2. The summed E-state index contributed by atoms with van der Waals surface area (Å²) < 4.78 is 13.9. The Morgan fingerprint density at radius 2 is 2.33 bits per heavy atom. The number of aromatic nitrogens is 2. The molecule has 2 N–H and O–H groups in total. The van der Waals surface area contributed by atoms with Crippen molar-refractivity contribution in [2.24, 2.45) is 0 Å². The summed E-state index contributed by atoms with van der Waals surface area (Å²) >= 11 is 0. The fourth-order valence-corrected chi connectivity index (χ4v) is 1.09. The Labute approximate surface area is 68.8 Å². The highest BCUT2D eigenvalue weighted by molar-refractivity contribution is 6.58. The Kier molecular flexibility index (Phi) is 1.66. The fourth-order valence-electron chi connectivity index (χ4n) is 1.09. The molecule has 0 spiro atoms. The van der Waals surface area contributed by atoms with Crippen molar-refractivity contribution in [3.63, 3.8) is 0 Å². The smallest absolute Gasteiger partial charge is 0.423 e. The van der Waals surface area contributed by atoms with Gasteiger partial charge in [0.1, 0.15) is 6.17 Å². The normalized spacial score (nSPS) is 27.2. The topological polar surface area (TPSA) is 58.3 Å². The van der Waals surface area contributed by atoms with Gasteiger partial charge in [-0.15, -0.1) is 0 Å². The van der Waals surface area contributed by atoms with Crippen LogP contribution in [0.1, 0.15) is 12.5 Å². The average Bonchev–Trinajstić information content (AvgIpc) is 2.59. The van der Waals surface area contributed by atoms with Gasteiger partial charge in [0, 0.05) is 24.3 Å². The number of hydrogen-bond donors (Lipinski definition) is 2. The Morgan fingerprint density at radius 3 is 2.75 bits per heavy atom. The first-order chi connectivity index (χ1) is 5.68. The number of rotatable bonds is 2. The number of hydrogen-bond acceptors (Lipinski definition) is 3. The van der Waals surface area contributed by atoms with E-state index >= 15 is 0 Å². The van der Waals surface area contributed by atoms with Crippen LogP contribution >= 0.6 is 0 Å².